The van der Waals surface area contributed by atoms with Gasteiger partial charge in [-0.15, -0.1) is 0 Å². The van der Waals surface area contributed by atoms with E-state index in [2.05, 4.69) is 0 Å². The van der Waals surface area contributed by atoms with Crippen LogP contribution in [0.4, 0.5) is 0 Å². The summed E-state index contributed by atoms with van der Waals surface area (Å²) in [6.45, 7) is 4.85. The summed E-state index contributed by atoms with van der Waals surface area (Å²) in [5.74, 6) is -4.42. The van der Waals surface area contributed by atoms with E-state index in [0.717, 1.165) is 0 Å². The van der Waals surface area contributed by atoms with E-state index in [1.165, 1.54) is 43.3 Å². The van der Waals surface area contributed by atoms with Gasteiger partial charge in [0.15, 0.2) is 16.6 Å². The number of aromatic hydroxyl groups is 4. The van der Waals surface area contributed by atoms with Crippen LogP contribution in [0.1, 0.15) is 60.5 Å². The van der Waals surface area contributed by atoms with Crippen LogP contribution >= 0.6 is 0 Å². The minimum atomic E-state index is -0.625. The van der Waals surface area contributed by atoms with E-state index in [4.69, 9.17) is 4.42 Å². The Hall–Kier alpha value is -5.05. The monoisotopic (exact) mass is 554 g/mol. The summed E-state index contributed by atoms with van der Waals surface area (Å²) in [5.41, 5.74) is 0.000694. The van der Waals surface area contributed by atoms with Crippen molar-refractivity contribution in [2.75, 3.05) is 0 Å². The van der Waals surface area contributed by atoms with Gasteiger partial charge in [0.1, 0.15) is 45.5 Å². The number of aliphatic hydroxyl groups is 1. The van der Waals surface area contributed by atoms with Crippen molar-refractivity contribution >= 4 is 44.3 Å². The molecular weight excluding hydrogens is 528 g/mol. The molecule has 0 amide bonds. The van der Waals surface area contributed by atoms with Crippen LogP contribution in [-0.2, 0) is 0 Å². The van der Waals surface area contributed by atoms with Gasteiger partial charge >= 0.3 is 0 Å². The van der Waals surface area contributed by atoms with Crippen molar-refractivity contribution in [3.8, 4) is 23.0 Å². The highest BCUT2D eigenvalue weighted by atomic mass is 16.3. The van der Waals surface area contributed by atoms with E-state index in [0.29, 0.717) is 10.9 Å². The molecule has 4 aromatic carbocycles. The molecule has 0 saturated carbocycles. The highest BCUT2D eigenvalue weighted by Gasteiger charge is 2.40. The summed E-state index contributed by atoms with van der Waals surface area (Å²) in [4.78, 5) is 40.0. The Labute approximate surface area is 231 Å². The SMILES string of the molecule is C/C(O)=c1\c(O)c2c3c(c1O)c(=O)cc1oc4cccc(=O)c4c(c13)[C@@H]([C@@H](C)CC(=O)c1c(O)cccc1O)[C@@H]2C. The minimum absolute atomic E-state index is 0.124. The number of phenolic OH excluding ortho intramolecular Hbond substituents is 4. The van der Waals surface area contributed by atoms with Crippen LogP contribution in [0.2, 0.25) is 0 Å². The second kappa shape index (κ2) is 8.99. The Morgan fingerprint density at radius 3 is 2.17 bits per heavy atom. The zero-order chi connectivity index (χ0) is 29.5. The second-order valence-corrected chi connectivity index (χ2v) is 10.8. The maximum Gasteiger partial charge on any atom is 0.193 e. The Kier molecular flexibility index (Phi) is 5.74. The fourth-order valence-corrected chi connectivity index (χ4v) is 6.74. The van der Waals surface area contributed by atoms with Crippen molar-refractivity contribution in [1.29, 1.82) is 0 Å². The van der Waals surface area contributed by atoms with E-state index in [1.54, 1.807) is 19.9 Å². The summed E-state index contributed by atoms with van der Waals surface area (Å²) in [7, 11) is 0. The molecule has 1 aromatic heterocycles. The lowest BCUT2D eigenvalue weighted by Gasteiger charge is -2.36. The number of Topliss-reactive ketones (excluding diaryl/α,β-unsaturated/α-hetero) is 1. The number of aliphatic hydroxyl groups excluding tert-OH is 1. The molecule has 1 aliphatic carbocycles. The smallest absolute Gasteiger partial charge is 0.193 e. The zero-order valence-electron chi connectivity index (χ0n) is 22.3. The van der Waals surface area contributed by atoms with Crippen LogP contribution in [0.25, 0.3) is 38.5 Å². The predicted octanol–water partition coefficient (Wildman–Crippen LogP) is 4.80. The lowest BCUT2D eigenvalue weighted by molar-refractivity contribution is 0.0951. The Morgan fingerprint density at radius 2 is 1.51 bits per heavy atom. The molecular formula is C32H26O9. The van der Waals surface area contributed by atoms with Crippen molar-refractivity contribution in [2.45, 2.75) is 39.0 Å². The van der Waals surface area contributed by atoms with Gasteiger partial charge in [0.05, 0.1) is 16.0 Å². The van der Waals surface area contributed by atoms with E-state index < -0.39 is 46.2 Å². The zero-order valence-corrected chi connectivity index (χ0v) is 22.3. The van der Waals surface area contributed by atoms with Gasteiger partial charge in [0, 0.05) is 28.8 Å². The standard InChI is InChI=1S/C32H26O9/c1-12(10-18(37)25-15(34)6-4-7-16(25)35)22-13(2)23-30-27(32(40)24(14(3)33)31(23)39)19(38)11-21-28(30)29(22)26-17(36)8-5-9-20(26)41-21/h4-9,11-13,22,33-35,39-40H,10H2,1-3H3/b24-14-/t12-,13-,22-/m0/s1. The van der Waals surface area contributed by atoms with Crippen molar-refractivity contribution in [3.05, 3.63) is 84.8 Å². The molecule has 9 nitrogen and oxygen atoms in total. The molecule has 208 valence electrons. The highest BCUT2D eigenvalue weighted by molar-refractivity contribution is 6.16. The molecule has 1 heterocycles. The van der Waals surface area contributed by atoms with Crippen molar-refractivity contribution in [3.63, 3.8) is 0 Å². The first-order chi connectivity index (χ1) is 19.4. The quantitative estimate of drug-likeness (QED) is 0.119. The van der Waals surface area contributed by atoms with Crippen molar-refractivity contribution in [1.82, 2.24) is 0 Å². The Balaban J connectivity index is 1.74. The minimum Gasteiger partial charge on any atom is -0.512 e. The number of rotatable bonds is 4. The van der Waals surface area contributed by atoms with Crippen LogP contribution < -0.4 is 16.1 Å². The fraction of sp³-hybridized carbons (Fsp3) is 0.219. The maximum atomic E-state index is 13.4. The lowest BCUT2D eigenvalue weighted by atomic mass is 9.67. The van der Waals surface area contributed by atoms with Crippen LogP contribution in [0, 0.1) is 5.92 Å². The number of carbonyl (C=O) groups excluding carboxylic acids is 1. The first-order valence-corrected chi connectivity index (χ1v) is 13.1. The largest absolute Gasteiger partial charge is 0.512 e. The summed E-state index contributed by atoms with van der Waals surface area (Å²) in [6, 6.07) is 9.76. The third-order valence-corrected chi connectivity index (χ3v) is 8.35. The maximum absolute atomic E-state index is 13.4. The topological polar surface area (TPSA) is 165 Å². The van der Waals surface area contributed by atoms with Gasteiger partial charge < -0.3 is 29.9 Å². The van der Waals surface area contributed by atoms with E-state index in [-0.39, 0.29) is 67.0 Å². The average molecular weight is 555 g/mol. The van der Waals surface area contributed by atoms with Gasteiger partial charge in [0.25, 0.3) is 0 Å². The molecule has 9 heteroatoms. The summed E-state index contributed by atoms with van der Waals surface area (Å²) in [6.07, 6.45) is -0.148. The van der Waals surface area contributed by atoms with Crippen LogP contribution in [-0.4, -0.2) is 31.3 Å². The van der Waals surface area contributed by atoms with Crippen LogP contribution in [0.3, 0.4) is 0 Å². The molecule has 0 saturated heterocycles. The number of carbonyl (C=O) groups is 1. The fourth-order valence-electron chi connectivity index (χ4n) is 6.74. The molecule has 6 rings (SSSR count). The third kappa shape index (κ3) is 3.58. The molecule has 1 aliphatic rings. The number of ketones is 1. The van der Waals surface area contributed by atoms with Gasteiger partial charge in [-0.1, -0.05) is 26.0 Å². The van der Waals surface area contributed by atoms with Crippen molar-refractivity contribution in [2.24, 2.45) is 5.92 Å². The van der Waals surface area contributed by atoms with Crippen LogP contribution in [0.5, 0.6) is 23.0 Å². The van der Waals surface area contributed by atoms with Crippen LogP contribution in [0.15, 0.2) is 56.5 Å². The van der Waals surface area contributed by atoms with Gasteiger partial charge in [-0.05, 0) is 54.5 Å². The lowest BCUT2D eigenvalue weighted by Crippen LogP contribution is -2.26. The Bertz CT molecular complexity index is 2120. The molecule has 5 N–H and O–H groups in total. The predicted molar refractivity (Wildman–Crippen MR) is 153 cm³/mol. The first-order valence-electron chi connectivity index (χ1n) is 13.1. The third-order valence-electron chi connectivity index (χ3n) is 8.35. The highest BCUT2D eigenvalue weighted by Crippen LogP contribution is 2.54. The van der Waals surface area contributed by atoms with Gasteiger partial charge in [-0.2, -0.15) is 0 Å². The molecule has 0 fully saturated rings. The summed E-state index contributed by atoms with van der Waals surface area (Å²) < 4.78 is 6.04. The van der Waals surface area contributed by atoms with E-state index in [1.807, 2.05) is 0 Å². The van der Waals surface area contributed by atoms with Gasteiger partial charge in [-0.3, -0.25) is 14.4 Å². The molecule has 3 atom stereocenters. The number of hydrogen-bond acceptors (Lipinski definition) is 9. The molecule has 0 spiro atoms. The molecule has 0 radical (unpaired) electrons. The molecule has 0 unspecified atom stereocenters. The molecule has 41 heavy (non-hydrogen) atoms. The molecule has 5 aromatic rings. The summed E-state index contributed by atoms with van der Waals surface area (Å²) >= 11 is 0. The first kappa shape index (κ1) is 26.2. The van der Waals surface area contributed by atoms with E-state index >= 15 is 0 Å². The van der Waals surface area contributed by atoms with Gasteiger partial charge in [-0.25, -0.2) is 0 Å². The molecule has 0 aliphatic heterocycles. The number of benzene rings is 4. The molecule has 0 bridgehead atoms. The van der Waals surface area contributed by atoms with E-state index in [9.17, 15) is 39.9 Å². The number of hydrogen-bond donors (Lipinski definition) is 5. The van der Waals surface area contributed by atoms with Crippen molar-refractivity contribution < 1.29 is 34.7 Å². The number of phenols is 4. The average Bonchev–Trinajstić information content (AvgIpc) is 2.87. The Morgan fingerprint density at radius 1 is 0.854 bits per heavy atom. The summed E-state index contributed by atoms with van der Waals surface area (Å²) in [5, 5.41) is 53.9. The normalized spacial score (nSPS) is 17.8. The number of fused-ring (bicyclic) bond motifs is 2. The van der Waals surface area contributed by atoms with Gasteiger partial charge in [0.2, 0.25) is 0 Å². The second-order valence-electron chi connectivity index (χ2n) is 10.8.